The van der Waals surface area contributed by atoms with E-state index >= 15 is 0 Å². The summed E-state index contributed by atoms with van der Waals surface area (Å²) in [6.07, 6.45) is 14.4. The number of aryl methyl sites for hydroxylation is 2. The van der Waals surface area contributed by atoms with Crippen LogP contribution in [-0.4, -0.2) is 116 Å². The van der Waals surface area contributed by atoms with Crippen molar-refractivity contribution < 1.29 is 35.3 Å². The van der Waals surface area contributed by atoms with Crippen molar-refractivity contribution in [2.75, 3.05) is 19.8 Å². The summed E-state index contributed by atoms with van der Waals surface area (Å²) in [5.74, 6) is 0. The Hall–Kier alpha value is -12.8. The van der Waals surface area contributed by atoms with Gasteiger partial charge in [0.05, 0.1) is 91.2 Å². The van der Waals surface area contributed by atoms with Crippen molar-refractivity contribution in [3.8, 4) is 90.3 Å². The molecule has 136 heavy (non-hydrogen) atoms. The van der Waals surface area contributed by atoms with Gasteiger partial charge in [-0.1, -0.05) is 146 Å². The number of nitrogens with two attached hydrogens (primary N) is 3. The molecule has 0 radical (unpaired) electrons. The molecule has 12 heterocycles. The van der Waals surface area contributed by atoms with Crippen LogP contribution in [-0.2, 0) is 48.1 Å². The summed E-state index contributed by atoms with van der Waals surface area (Å²) in [4.78, 5) is 43.7. The molecule has 3 aliphatic heterocycles. The van der Waals surface area contributed by atoms with Gasteiger partial charge in [-0.25, -0.2) is 39.6 Å². The Balaban J connectivity index is 0.000000179. The third kappa shape index (κ3) is 26.3. The van der Waals surface area contributed by atoms with Crippen LogP contribution in [0.15, 0.2) is 260 Å². The number of H-pyrrole nitrogens is 1. The fourth-order valence-electron chi connectivity index (χ4n) is 16.1. The van der Waals surface area contributed by atoms with Gasteiger partial charge < -0.3 is 53.7 Å². The van der Waals surface area contributed by atoms with Crippen LogP contribution in [0.2, 0.25) is 0 Å². The molecule has 3 aromatic carbocycles. The van der Waals surface area contributed by atoms with E-state index in [-0.39, 0.29) is 51.1 Å². The Bertz CT molecular complexity index is 6360. The van der Waals surface area contributed by atoms with Gasteiger partial charge in [0.15, 0.2) is 6.23 Å². The number of aliphatic imine (C=N–C) groups is 2. The smallest absolute Gasteiger partial charge is 0.697 e. The molecule has 3 fully saturated rings. The summed E-state index contributed by atoms with van der Waals surface area (Å²) < 4.78 is 20.7. The van der Waals surface area contributed by atoms with Crippen molar-refractivity contribution >= 4 is 55.9 Å². The largest absolute Gasteiger partial charge is 2.00 e. The summed E-state index contributed by atoms with van der Waals surface area (Å²) in [6, 6.07) is 65.5. The molecule has 12 aromatic rings. The average Bonchev–Trinajstić information content (AvgIpc) is 1.62. The Kier molecular flexibility index (Phi) is 38.3. The predicted molar refractivity (Wildman–Crippen MR) is 555 cm³/mol. The maximum absolute atomic E-state index is 8.52. The topological polar surface area (TPSA) is 386 Å². The molecule has 708 valence electrons. The molecular weight excluding hydrogens is 1940 g/mol. The molecule has 0 saturated carbocycles. The molecule has 0 aliphatic carbocycles. The van der Waals surface area contributed by atoms with Gasteiger partial charge in [0.2, 0.25) is 0 Å². The third-order valence-electron chi connectivity index (χ3n) is 24.7. The summed E-state index contributed by atoms with van der Waals surface area (Å²) >= 11 is 3.41. The number of allylic oxidation sites excluding steroid dienone is 8. The van der Waals surface area contributed by atoms with Crippen LogP contribution in [0.3, 0.4) is 0 Å². The Labute approximate surface area is 824 Å². The zero-order valence-electron chi connectivity index (χ0n) is 80.7. The predicted octanol–water partition coefficient (Wildman–Crippen LogP) is 26.3. The Morgan fingerprint density at radius 2 is 0.772 bits per heavy atom. The van der Waals surface area contributed by atoms with Crippen molar-refractivity contribution in [2.45, 2.75) is 218 Å². The fourth-order valence-corrected chi connectivity index (χ4v) is 16.5. The SMILES string of the molecule is CCC(=N)/C(C)=C(\[NH-])c1cccc(-c2cccc(-c3cccc(/C([NH-])=C(\C)C(=N)CC)n3)c2)n1.CCC(N)=C(C)C(=N)c1cccc(-c2cccc(-c3cccc(-c4n[nH]c(CC)c4C)n3)c2)n1.CCC(N)=C(C)C(=NC1CCCCO1)c1cccc(-c2cccc(-c3cccc(-c4c(C)c(CC)nn4C4CCCCO4)n3)c2)n1.CCC(N)=C(C)C(=NC1CCCCO1)c1cccc(Br)n1.[Pt+2]. The summed E-state index contributed by atoms with van der Waals surface area (Å²) in [5.41, 5.74) is 67.5. The molecule has 0 bridgehead atoms. The van der Waals surface area contributed by atoms with Gasteiger partial charge in [0.25, 0.3) is 0 Å². The summed E-state index contributed by atoms with van der Waals surface area (Å²) in [7, 11) is 0. The quantitative estimate of drug-likeness (QED) is 0.0177. The van der Waals surface area contributed by atoms with Gasteiger partial charge >= 0.3 is 21.1 Å². The molecule has 3 aliphatic rings. The number of ether oxygens (including phenoxy) is 3. The monoisotopic (exact) mass is 2060 g/mol. The number of nitrogens with zero attached hydrogens (tertiary/aromatic N) is 12. The van der Waals surface area contributed by atoms with Gasteiger partial charge in [-0.2, -0.15) is 10.2 Å². The van der Waals surface area contributed by atoms with Crippen LogP contribution in [0.25, 0.3) is 113 Å². The first-order valence-corrected chi connectivity index (χ1v) is 47.9. The van der Waals surface area contributed by atoms with E-state index in [4.69, 9.17) is 94.1 Å². The molecule has 0 amide bonds. The van der Waals surface area contributed by atoms with Crippen LogP contribution in [0, 0.1) is 30.1 Å². The molecule has 26 heteroatoms. The second kappa shape index (κ2) is 50.2. The van der Waals surface area contributed by atoms with E-state index in [9.17, 15) is 0 Å². The normalized spacial score (nSPS) is 16.0. The van der Waals surface area contributed by atoms with Crippen LogP contribution in [0.4, 0.5) is 0 Å². The van der Waals surface area contributed by atoms with E-state index < -0.39 is 0 Å². The molecule has 3 atom stereocenters. The first-order chi connectivity index (χ1) is 65.3. The standard InChI is InChI=1S/C38H46N6O2.2C28H30N6.C16H22BrN3O.Pt/c1-5-29(39)25(3)37(42-35-20-7-9-22-45-35)33-18-12-16-31(40-33)27-14-11-15-28(24-27)32-17-13-19-34(41-32)38-26(4)30(6-2)43-44(38)36-21-8-10-23-46-36;1-5-21(29)17(3)27(30)25-14-8-12-23(31-25)19-10-7-11-20(16-19)24-13-9-15-26(32-24)28-18(4)22(6-2)33-34-28;1-5-21(29)17(3)27(31)25-14-8-12-23(33-25)19-10-7-11-20(16-19)24-13-9-15-26(34-24)28(32)18(4)22(30)6-2;1-3-12(18)11(2)16(13-7-6-8-14(17)19-13)20-15-9-4-5-10-21-15;/h11-19,24,35-36H,5-10,20-23,39H2,1-4H3;7-16,30H,5-6,29H2,1-4H3,(H,33,34);7-16,29-32H,5-6H2,1-4H3;6-8,15H,3-5,9-10,18H2,1-2H3;/q;;-2;;+2/b;;27-17-,28-18-,29-21?,30-22?;;. The Morgan fingerprint density at radius 3 is 1.17 bits per heavy atom. The summed E-state index contributed by atoms with van der Waals surface area (Å²) in [6.45, 7) is 30.2. The number of aromatic nitrogens is 11. The summed E-state index contributed by atoms with van der Waals surface area (Å²) in [5, 5.41) is 37.2. The number of rotatable bonds is 28. The van der Waals surface area contributed by atoms with E-state index in [1.165, 1.54) is 5.56 Å². The molecule has 0 spiro atoms. The first kappa shape index (κ1) is 104. The van der Waals surface area contributed by atoms with Crippen molar-refractivity contribution in [3.05, 3.63) is 312 Å². The number of benzene rings is 3. The Morgan fingerprint density at radius 1 is 0.412 bits per heavy atom. The van der Waals surface area contributed by atoms with Gasteiger partial charge in [-0.15, -0.1) is 11.4 Å². The maximum Gasteiger partial charge on any atom is 2.00 e. The van der Waals surface area contributed by atoms with Crippen molar-refractivity contribution in [1.82, 2.24) is 54.9 Å². The molecule has 3 saturated heterocycles. The van der Waals surface area contributed by atoms with E-state index in [0.717, 1.165) is 266 Å². The van der Waals surface area contributed by atoms with E-state index in [0.29, 0.717) is 70.3 Å². The van der Waals surface area contributed by atoms with Gasteiger partial charge in [0, 0.05) is 98.8 Å². The van der Waals surface area contributed by atoms with Crippen LogP contribution in [0.5, 0.6) is 0 Å². The molecule has 24 nitrogen and oxygen atoms in total. The molecule has 15 rings (SSSR count). The van der Waals surface area contributed by atoms with Crippen LogP contribution in [0.1, 0.15) is 230 Å². The number of pyridine rings is 7. The van der Waals surface area contributed by atoms with Crippen molar-refractivity contribution in [1.29, 1.82) is 16.2 Å². The number of hydrogen-bond donors (Lipinski definition) is 7. The van der Waals surface area contributed by atoms with Gasteiger partial charge in [0.1, 0.15) is 22.8 Å². The van der Waals surface area contributed by atoms with E-state index in [1.54, 1.807) is 26.0 Å². The molecule has 12 N–H and O–H groups in total. The molecule has 9 aromatic heterocycles. The first-order valence-electron chi connectivity index (χ1n) is 47.1. The van der Waals surface area contributed by atoms with E-state index in [2.05, 4.69) is 129 Å². The van der Waals surface area contributed by atoms with Crippen LogP contribution < -0.4 is 17.2 Å². The van der Waals surface area contributed by atoms with Crippen molar-refractivity contribution in [2.24, 2.45) is 27.2 Å². The minimum Gasteiger partial charge on any atom is -0.697 e. The van der Waals surface area contributed by atoms with Gasteiger partial charge in [-0.3, -0.25) is 20.5 Å². The minimum absolute atomic E-state index is 0. The molecular formula is C110H128BrN21O3Pt. The zero-order valence-corrected chi connectivity index (χ0v) is 84.6. The second-order valence-electron chi connectivity index (χ2n) is 33.8. The number of nitrogens with one attached hydrogen (secondary N) is 6. The minimum atomic E-state index is -0.173. The van der Waals surface area contributed by atoms with Crippen LogP contribution >= 0.6 is 15.9 Å². The number of halogens is 1. The zero-order chi connectivity index (χ0) is 96.4. The maximum atomic E-state index is 8.52. The van der Waals surface area contributed by atoms with Crippen molar-refractivity contribution in [3.63, 3.8) is 0 Å². The fraction of sp³-hybridized carbons (Fsp3) is 0.327. The second-order valence-corrected chi connectivity index (χ2v) is 34.6. The number of hydrogen-bond acceptors (Lipinski definition) is 20. The average molecular weight is 2070 g/mol. The third-order valence-corrected chi connectivity index (χ3v) is 25.1. The van der Waals surface area contributed by atoms with Gasteiger partial charge in [-0.05, 0) is 309 Å². The molecule has 3 unspecified atom stereocenters. The van der Waals surface area contributed by atoms with E-state index in [1.807, 2.05) is 188 Å². The number of aromatic amines is 1.